The van der Waals surface area contributed by atoms with Crippen molar-refractivity contribution in [3.63, 3.8) is 0 Å². The molecule has 0 fully saturated rings. The van der Waals surface area contributed by atoms with Crippen LogP contribution in [0.3, 0.4) is 0 Å². The summed E-state index contributed by atoms with van der Waals surface area (Å²) in [6.45, 7) is 12.4. The van der Waals surface area contributed by atoms with Gasteiger partial charge in [-0.2, -0.15) is 0 Å². The van der Waals surface area contributed by atoms with Gasteiger partial charge in [0.05, 0.1) is 12.2 Å². The van der Waals surface area contributed by atoms with Crippen molar-refractivity contribution < 1.29 is 19.1 Å². The first kappa shape index (κ1) is 15.7. The zero-order valence-corrected chi connectivity index (χ0v) is 11.3. The minimum absolute atomic E-state index is 0.248. The van der Waals surface area contributed by atoms with Crippen molar-refractivity contribution in [2.45, 2.75) is 53.2 Å². The molecule has 0 spiro atoms. The minimum Gasteiger partial charge on any atom is -0.462 e. The van der Waals surface area contributed by atoms with Gasteiger partial charge < -0.3 is 9.47 Å². The fraction of sp³-hybridized carbons (Fsp3) is 0.692. The Hall–Kier alpha value is -1.32. The highest BCUT2D eigenvalue weighted by molar-refractivity contribution is 5.95. The van der Waals surface area contributed by atoms with Crippen molar-refractivity contribution in [3.05, 3.63) is 12.2 Å². The fourth-order valence-electron chi connectivity index (χ4n) is 1.24. The van der Waals surface area contributed by atoms with E-state index in [2.05, 4.69) is 6.58 Å². The van der Waals surface area contributed by atoms with Gasteiger partial charge >= 0.3 is 11.9 Å². The first-order valence-electron chi connectivity index (χ1n) is 5.79. The van der Waals surface area contributed by atoms with E-state index in [4.69, 9.17) is 9.47 Å². The highest BCUT2D eigenvalue weighted by Crippen LogP contribution is 2.15. The molecule has 0 aromatic carbocycles. The molecule has 0 rings (SSSR count). The first-order chi connectivity index (χ1) is 7.73. The van der Waals surface area contributed by atoms with Gasteiger partial charge in [-0.1, -0.05) is 5.57 Å². The molecule has 4 heteroatoms. The summed E-state index contributed by atoms with van der Waals surface area (Å²) >= 11 is 0. The molecule has 4 nitrogen and oxygen atoms in total. The average molecular weight is 242 g/mol. The second kappa shape index (κ2) is 7.09. The molecule has 0 saturated carbocycles. The van der Waals surface area contributed by atoms with Crippen LogP contribution in [0.5, 0.6) is 0 Å². The van der Waals surface area contributed by atoms with E-state index in [-0.39, 0.29) is 18.6 Å². The van der Waals surface area contributed by atoms with Gasteiger partial charge in [0.15, 0.2) is 5.92 Å². The van der Waals surface area contributed by atoms with Crippen molar-refractivity contribution in [2.75, 3.05) is 0 Å². The third-order valence-corrected chi connectivity index (χ3v) is 1.83. The Morgan fingerprint density at radius 1 is 1.00 bits per heavy atom. The first-order valence-corrected chi connectivity index (χ1v) is 5.79. The summed E-state index contributed by atoms with van der Waals surface area (Å²) < 4.78 is 10.1. The largest absolute Gasteiger partial charge is 0.462 e. The summed E-state index contributed by atoms with van der Waals surface area (Å²) in [5.41, 5.74) is 0.747. The van der Waals surface area contributed by atoms with E-state index >= 15 is 0 Å². The Morgan fingerprint density at radius 3 is 1.59 bits per heavy atom. The molecule has 0 bridgehead atoms. The van der Waals surface area contributed by atoms with Gasteiger partial charge in [-0.05, 0) is 41.0 Å². The lowest BCUT2D eigenvalue weighted by molar-refractivity contribution is -0.166. The molecular weight excluding hydrogens is 220 g/mol. The lowest BCUT2D eigenvalue weighted by Gasteiger charge is -2.18. The number of carbonyl (C=O) groups is 2. The van der Waals surface area contributed by atoms with Crippen LogP contribution in [0.15, 0.2) is 12.2 Å². The van der Waals surface area contributed by atoms with E-state index in [1.165, 1.54) is 0 Å². The molecular formula is C13H22O4. The van der Waals surface area contributed by atoms with Crippen molar-refractivity contribution in [1.82, 2.24) is 0 Å². The van der Waals surface area contributed by atoms with Gasteiger partial charge in [0, 0.05) is 0 Å². The second-order valence-electron chi connectivity index (χ2n) is 4.69. The lowest BCUT2D eigenvalue weighted by Crippen LogP contribution is -2.31. The third-order valence-electron chi connectivity index (χ3n) is 1.83. The molecule has 0 saturated heterocycles. The van der Waals surface area contributed by atoms with Crippen LogP contribution < -0.4 is 0 Å². The van der Waals surface area contributed by atoms with E-state index in [1.807, 2.05) is 0 Å². The summed E-state index contributed by atoms with van der Waals surface area (Å²) in [5, 5.41) is 0. The Morgan fingerprint density at radius 2 is 1.35 bits per heavy atom. The number of hydrogen-bond acceptors (Lipinski definition) is 4. The van der Waals surface area contributed by atoms with Gasteiger partial charge in [-0.15, -0.1) is 6.58 Å². The quantitative estimate of drug-likeness (QED) is 0.408. The minimum atomic E-state index is -0.905. The molecule has 0 atom stereocenters. The Kier molecular flexibility index (Phi) is 6.54. The van der Waals surface area contributed by atoms with Gasteiger partial charge in [-0.3, -0.25) is 9.59 Å². The molecule has 98 valence electrons. The number of ether oxygens (including phenoxy) is 2. The van der Waals surface area contributed by atoms with Crippen LogP contribution in [0.25, 0.3) is 0 Å². The lowest BCUT2D eigenvalue weighted by atomic mass is 10.0. The molecule has 0 aliphatic heterocycles. The maximum absolute atomic E-state index is 11.7. The van der Waals surface area contributed by atoms with Gasteiger partial charge in [0.25, 0.3) is 0 Å². The zero-order valence-electron chi connectivity index (χ0n) is 11.3. The third kappa shape index (κ3) is 6.76. The molecule has 17 heavy (non-hydrogen) atoms. The predicted molar refractivity (Wildman–Crippen MR) is 65.4 cm³/mol. The standard InChI is InChI=1S/C13H22O4/c1-8(2)7-11(12(14)16-9(3)4)13(15)17-10(5)6/h9-11H,1,7H2,2-6H3. The summed E-state index contributed by atoms with van der Waals surface area (Å²) in [6, 6.07) is 0. The van der Waals surface area contributed by atoms with Crippen LogP contribution >= 0.6 is 0 Å². The number of esters is 2. The highest BCUT2D eigenvalue weighted by Gasteiger charge is 2.30. The SMILES string of the molecule is C=C(C)CC(C(=O)OC(C)C)C(=O)OC(C)C. The highest BCUT2D eigenvalue weighted by atomic mass is 16.6. The monoisotopic (exact) mass is 242 g/mol. The van der Waals surface area contributed by atoms with Crippen LogP contribution in [-0.2, 0) is 19.1 Å². The second-order valence-corrected chi connectivity index (χ2v) is 4.69. The normalized spacial score (nSPS) is 10.8. The topological polar surface area (TPSA) is 52.6 Å². The Balaban J connectivity index is 4.68. The number of carbonyl (C=O) groups excluding carboxylic acids is 2. The van der Waals surface area contributed by atoms with Crippen LogP contribution in [0.2, 0.25) is 0 Å². The molecule has 0 aromatic rings. The molecule has 0 aliphatic carbocycles. The predicted octanol–water partition coefficient (Wildman–Crippen LogP) is 2.47. The number of allylic oxidation sites excluding steroid dienone is 1. The zero-order chi connectivity index (χ0) is 13.6. The summed E-state index contributed by atoms with van der Waals surface area (Å²) in [5.74, 6) is -2.00. The van der Waals surface area contributed by atoms with Crippen LogP contribution in [-0.4, -0.2) is 24.1 Å². The molecule has 0 radical (unpaired) electrons. The average Bonchev–Trinajstić information content (AvgIpc) is 2.11. The Bertz CT molecular complexity index is 270. The van der Waals surface area contributed by atoms with Crippen molar-refractivity contribution >= 4 is 11.9 Å². The molecule has 0 aromatic heterocycles. The maximum atomic E-state index is 11.7. The van der Waals surface area contributed by atoms with Crippen LogP contribution in [0.1, 0.15) is 41.0 Å². The van der Waals surface area contributed by atoms with Gasteiger partial charge in [0.2, 0.25) is 0 Å². The van der Waals surface area contributed by atoms with Gasteiger partial charge in [-0.25, -0.2) is 0 Å². The van der Waals surface area contributed by atoms with Crippen LogP contribution in [0.4, 0.5) is 0 Å². The van der Waals surface area contributed by atoms with Gasteiger partial charge in [0.1, 0.15) is 0 Å². The van der Waals surface area contributed by atoms with E-state index in [0.29, 0.717) is 0 Å². The number of rotatable bonds is 6. The molecule has 0 heterocycles. The van der Waals surface area contributed by atoms with E-state index < -0.39 is 17.9 Å². The van der Waals surface area contributed by atoms with E-state index in [9.17, 15) is 9.59 Å². The van der Waals surface area contributed by atoms with Crippen molar-refractivity contribution in [1.29, 1.82) is 0 Å². The molecule has 0 N–H and O–H groups in total. The number of hydrogen-bond donors (Lipinski definition) is 0. The van der Waals surface area contributed by atoms with E-state index in [1.54, 1.807) is 34.6 Å². The summed E-state index contributed by atoms with van der Waals surface area (Å²) in [7, 11) is 0. The summed E-state index contributed by atoms with van der Waals surface area (Å²) in [6.07, 6.45) is -0.235. The molecule has 0 unspecified atom stereocenters. The summed E-state index contributed by atoms with van der Waals surface area (Å²) in [4.78, 5) is 23.5. The Labute approximate surface area is 103 Å². The van der Waals surface area contributed by atoms with Crippen molar-refractivity contribution in [2.24, 2.45) is 5.92 Å². The molecule has 0 amide bonds. The maximum Gasteiger partial charge on any atom is 0.320 e. The fourth-order valence-corrected chi connectivity index (χ4v) is 1.24. The van der Waals surface area contributed by atoms with Crippen molar-refractivity contribution in [3.8, 4) is 0 Å². The molecule has 0 aliphatic rings. The van der Waals surface area contributed by atoms with Crippen LogP contribution in [0, 0.1) is 5.92 Å². The smallest absolute Gasteiger partial charge is 0.320 e. The van der Waals surface area contributed by atoms with E-state index in [0.717, 1.165) is 5.57 Å².